The van der Waals surface area contributed by atoms with Crippen LogP contribution in [0.15, 0.2) is 36.4 Å². The molecule has 2 N–H and O–H groups in total. The van der Waals surface area contributed by atoms with Gasteiger partial charge in [-0.2, -0.15) is 0 Å². The summed E-state index contributed by atoms with van der Waals surface area (Å²) in [4.78, 5) is 0. The fraction of sp³-hybridized carbons (Fsp3) is 0.333. The molecular formula is C18H23N. The third kappa shape index (κ3) is 2.65. The molecule has 0 saturated carbocycles. The predicted octanol–water partition coefficient (Wildman–Crippen LogP) is 4.52. The second-order valence-corrected chi connectivity index (χ2v) is 6.06. The molecular weight excluding hydrogens is 230 g/mol. The molecule has 0 aliphatic heterocycles. The standard InChI is InChI=1S/C18H23N/c1-12-8-16(11-17(19)9-12)18(4,5)15-7-6-13(2)14(3)10-15/h6-11H,19H2,1-5H3. The minimum absolute atomic E-state index is 0.0292. The average molecular weight is 253 g/mol. The SMILES string of the molecule is Cc1cc(N)cc(C(C)(C)c2ccc(C)c(C)c2)c1. The number of hydrogen-bond acceptors (Lipinski definition) is 1. The second-order valence-electron chi connectivity index (χ2n) is 6.06. The number of hydrogen-bond donors (Lipinski definition) is 1. The molecule has 0 atom stereocenters. The van der Waals surface area contributed by atoms with Crippen molar-refractivity contribution in [2.24, 2.45) is 0 Å². The van der Waals surface area contributed by atoms with E-state index in [9.17, 15) is 0 Å². The summed E-state index contributed by atoms with van der Waals surface area (Å²) in [5.41, 5.74) is 13.3. The van der Waals surface area contributed by atoms with Crippen LogP contribution >= 0.6 is 0 Å². The first kappa shape index (κ1) is 13.7. The number of anilines is 1. The molecule has 0 aromatic heterocycles. The van der Waals surface area contributed by atoms with E-state index in [1.807, 2.05) is 6.07 Å². The van der Waals surface area contributed by atoms with Gasteiger partial charge in [-0.05, 0) is 60.7 Å². The molecule has 2 aromatic rings. The predicted molar refractivity (Wildman–Crippen MR) is 83.6 cm³/mol. The number of benzene rings is 2. The van der Waals surface area contributed by atoms with Gasteiger partial charge >= 0.3 is 0 Å². The minimum Gasteiger partial charge on any atom is -0.399 e. The van der Waals surface area contributed by atoms with Crippen molar-refractivity contribution in [2.45, 2.75) is 40.0 Å². The molecule has 2 rings (SSSR count). The van der Waals surface area contributed by atoms with Crippen LogP contribution in [0.25, 0.3) is 0 Å². The van der Waals surface area contributed by atoms with Crippen molar-refractivity contribution in [3.63, 3.8) is 0 Å². The molecule has 0 heterocycles. The van der Waals surface area contributed by atoms with Crippen molar-refractivity contribution in [2.75, 3.05) is 5.73 Å². The summed E-state index contributed by atoms with van der Waals surface area (Å²) in [5, 5.41) is 0. The number of aryl methyl sites for hydroxylation is 3. The Balaban J connectivity index is 2.54. The van der Waals surface area contributed by atoms with Crippen LogP contribution in [-0.4, -0.2) is 0 Å². The highest BCUT2D eigenvalue weighted by Crippen LogP contribution is 2.33. The van der Waals surface area contributed by atoms with Crippen LogP contribution in [0.2, 0.25) is 0 Å². The molecule has 0 aliphatic rings. The van der Waals surface area contributed by atoms with Crippen LogP contribution in [-0.2, 0) is 5.41 Å². The molecule has 0 unspecified atom stereocenters. The van der Waals surface area contributed by atoms with E-state index in [1.165, 1.54) is 27.8 Å². The van der Waals surface area contributed by atoms with Gasteiger partial charge in [-0.25, -0.2) is 0 Å². The van der Waals surface area contributed by atoms with Gasteiger partial charge < -0.3 is 5.73 Å². The van der Waals surface area contributed by atoms with Crippen LogP contribution < -0.4 is 5.73 Å². The zero-order valence-electron chi connectivity index (χ0n) is 12.5. The molecule has 0 aliphatic carbocycles. The summed E-state index contributed by atoms with van der Waals surface area (Å²) < 4.78 is 0. The normalized spacial score (nSPS) is 11.6. The maximum atomic E-state index is 5.99. The van der Waals surface area contributed by atoms with Gasteiger partial charge in [-0.3, -0.25) is 0 Å². The topological polar surface area (TPSA) is 26.0 Å². The van der Waals surface area contributed by atoms with Gasteiger partial charge in [-0.15, -0.1) is 0 Å². The van der Waals surface area contributed by atoms with E-state index in [-0.39, 0.29) is 5.41 Å². The van der Waals surface area contributed by atoms with Crippen LogP contribution in [0, 0.1) is 20.8 Å². The number of nitrogens with two attached hydrogens (primary N) is 1. The molecule has 0 saturated heterocycles. The van der Waals surface area contributed by atoms with Crippen molar-refractivity contribution >= 4 is 5.69 Å². The molecule has 0 amide bonds. The molecule has 2 aromatic carbocycles. The van der Waals surface area contributed by atoms with Gasteiger partial charge in [0.2, 0.25) is 0 Å². The molecule has 0 fully saturated rings. The monoisotopic (exact) mass is 253 g/mol. The van der Waals surface area contributed by atoms with Gasteiger partial charge in [0.15, 0.2) is 0 Å². The molecule has 1 nitrogen and oxygen atoms in total. The molecule has 0 spiro atoms. The Kier molecular flexibility index (Phi) is 3.40. The third-order valence-electron chi connectivity index (χ3n) is 4.05. The lowest BCUT2D eigenvalue weighted by atomic mass is 9.77. The van der Waals surface area contributed by atoms with E-state index < -0.39 is 0 Å². The summed E-state index contributed by atoms with van der Waals surface area (Å²) in [6.07, 6.45) is 0. The lowest BCUT2D eigenvalue weighted by Crippen LogP contribution is -2.19. The quantitative estimate of drug-likeness (QED) is 0.782. The smallest absolute Gasteiger partial charge is 0.0319 e. The van der Waals surface area contributed by atoms with Crippen molar-refractivity contribution < 1.29 is 0 Å². The van der Waals surface area contributed by atoms with Crippen LogP contribution in [0.1, 0.15) is 41.7 Å². The van der Waals surface area contributed by atoms with E-state index in [2.05, 4.69) is 65.0 Å². The third-order valence-corrected chi connectivity index (χ3v) is 4.05. The Hall–Kier alpha value is -1.76. The Bertz CT molecular complexity index is 589. The fourth-order valence-electron chi connectivity index (χ4n) is 2.47. The van der Waals surface area contributed by atoms with Gasteiger partial charge in [0.1, 0.15) is 0 Å². The van der Waals surface area contributed by atoms with Crippen molar-refractivity contribution in [3.8, 4) is 0 Å². The summed E-state index contributed by atoms with van der Waals surface area (Å²) in [6.45, 7) is 10.9. The lowest BCUT2D eigenvalue weighted by molar-refractivity contribution is 0.639. The van der Waals surface area contributed by atoms with Crippen molar-refractivity contribution in [3.05, 3.63) is 64.2 Å². The van der Waals surface area contributed by atoms with E-state index in [0.717, 1.165) is 5.69 Å². The maximum Gasteiger partial charge on any atom is 0.0319 e. The highest BCUT2D eigenvalue weighted by Gasteiger charge is 2.23. The van der Waals surface area contributed by atoms with Gasteiger partial charge in [-0.1, -0.05) is 38.1 Å². The summed E-state index contributed by atoms with van der Waals surface area (Å²) in [7, 11) is 0. The van der Waals surface area contributed by atoms with Crippen molar-refractivity contribution in [1.82, 2.24) is 0 Å². The second kappa shape index (κ2) is 4.73. The van der Waals surface area contributed by atoms with E-state index in [0.29, 0.717) is 0 Å². The maximum absolute atomic E-state index is 5.99. The fourth-order valence-corrected chi connectivity index (χ4v) is 2.47. The highest BCUT2D eigenvalue weighted by molar-refractivity contribution is 5.50. The molecule has 1 heteroatoms. The van der Waals surface area contributed by atoms with E-state index in [4.69, 9.17) is 5.73 Å². The first-order valence-electron chi connectivity index (χ1n) is 6.76. The molecule has 0 radical (unpaired) electrons. The largest absolute Gasteiger partial charge is 0.399 e. The average Bonchev–Trinajstić information content (AvgIpc) is 2.31. The number of nitrogen functional groups attached to an aromatic ring is 1. The molecule has 0 bridgehead atoms. The Morgan fingerprint density at radius 3 is 2.05 bits per heavy atom. The zero-order valence-corrected chi connectivity index (χ0v) is 12.5. The molecule has 100 valence electrons. The first-order valence-corrected chi connectivity index (χ1v) is 6.76. The van der Waals surface area contributed by atoms with Crippen LogP contribution in [0.3, 0.4) is 0 Å². The summed E-state index contributed by atoms with van der Waals surface area (Å²) in [6, 6.07) is 13.0. The van der Waals surface area contributed by atoms with Crippen LogP contribution in [0.5, 0.6) is 0 Å². The Labute approximate surface area is 116 Å². The van der Waals surface area contributed by atoms with Crippen molar-refractivity contribution in [1.29, 1.82) is 0 Å². The zero-order chi connectivity index (χ0) is 14.2. The van der Waals surface area contributed by atoms with Gasteiger partial charge in [0.05, 0.1) is 0 Å². The van der Waals surface area contributed by atoms with Crippen LogP contribution in [0.4, 0.5) is 5.69 Å². The van der Waals surface area contributed by atoms with E-state index >= 15 is 0 Å². The van der Waals surface area contributed by atoms with Gasteiger partial charge in [0, 0.05) is 11.1 Å². The highest BCUT2D eigenvalue weighted by atomic mass is 14.5. The lowest BCUT2D eigenvalue weighted by Gasteiger charge is -2.27. The summed E-state index contributed by atoms with van der Waals surface area (Å²) in [5.74, 6) is 0. The Morgan fingerprint density at radius 1 is 0.789 bits per heavy atom. The summed E-state index contributed by atoms with van der Waals surface area (Å²) >= 11 is 0. The Morgan fingerprint density at radius 2 is 1.47 bits per heavy atom. The number of rotatable bonds is 2. The van der Waals surface area contributed by atoms with Gasteiger partial charge in [0.25, 0.3) is 0 Å². The molecule has 19 heavy (non-hydrogen) atoms. The minimum atomic E-state index is -0.0292. The van der Waals surface area contributed by atoms with E-state index in [1.54, 1.807) is 0 Å². The first-order chi connectivity index (χ1) is 8.80.